The topological polar surface area (TPSA) is 91.8 Å². The minimum atomic E-state index is -3.09. The van der Waals surface area contributed by atoms with E-state index >= 15 is 0 Å². The maximum absolute atomic E-state index is 12.3. The van der Waals surface area contributed by atoms with Crippen molar-refractivity contribution >= 4 is 21.7 Å². The molecule has 1 heterocycles. The highest BCUT2D eigenvalue weighted by atomic mass is 32.2. The summed E-state index contributed by atoms with van der Waals surface area (Å²) in [6.45, 7) is 1.76. The molecule has 0 spiro atoms. The van der Waals surface area contributed by atoms with E-state index in [2.05, 4.69) is 0 Å². The molecule has 18 heavy (non-hydrogen) atoms. The van der Waals surface area contributed by atoms with Crippen LogP contribution in [0.1, 0.15) is 26.2 Å². The van der Waals surface area contributed by atoms with Crippen LogP contribution in [0.2, 0.25) is 0 Å². The van der Waals surface area contributed by atoms with Gasteiger partial charge < -0.3 is 10.0 Å². The summed E-state index contributed by atoms with van der Waals surface area (Å²) in [5.74, 6) is -1.64. The smallest absolute Gasteiger partial charge is 0.319 e. The van der Waals surface area contributed by atoms with Crippen molar-refractivity contribution in [1.82, 2.24) is 4.90 Å². The minimum absolute atomic E-state index is 0.0707. The maximum Gasteiger partial charge on any atom is 0.319 e. The number of carboxylic acids is 1. The Labute approximate surface area is 106 Å². The van der Waals surface area contributed by atoms with Crippen molar-refractivity contribution in [2.75, 3.05) is 18.1 Å². The number of carbonyl (C=O) groups is 2. The Hall–Kier alpha value is -1.11. The second-order valence-electron chi connectivity index (χ2n) is 5.20. The molecule has 1 N–H and O–H groups in total. The number of sulfone groups is 1. The number of nitrogens with zero attached hydrogens (tertiary/aromatic N) is 1. The van der Waals surface area contributed by atoms with Crippen LogP contribution in [0.5, 0.6) is 0 Å². The Morgan fingerprint density at radius 2 is 1.94 bits per heavy atom. The molecule has 1 amide bonds. The van der Waals surface area contributed by atoms with Crippen molar-refractivity contribution in [3.8, 4) is 0 Å². The fraction of sp³-hybridized carbons (Fsp3) is 0.818. The van der Waals surface area contributed by atoms with Crippen LogP contribution in [0, 0.1) is 5.41 Å². The van der Waals surface area contributed by atoms with E-state index in [0.29, 0.717) is 12.8 Å². The first-order chi connectivity index (χ1) is 8.28. The molecule has 1 saturated carbocycles. The van der Waals surface area contributed by atoms with Gasteiger partial charge in [-0.3, -0.25) is 9.59 Å². The molecule has 1 unspecified atom stereocenters. The molecule has 2 fully saturated rings. The van der Waals surface area contributed by atoms with Crippen LogP contribution in [0.15, 0.2) is 0 Å². The van der Waals surface area contributed by atoms with Gasteiger partial charge in [-0.1, -0.05) is 6.42 Å². The summed E-state index contributed by atoms with van der Waals surface area (Å²) in [5, 5.41) is 9.21. The van der Waals surface area contributed by atoms with Gasteiger partial charge in [-0.2, -0.15) is 0 Å². The van der Waals surface area contributed by atoms with E-state index in [9.17, 15) is 23.1 Å². The lowest BCUT2D eigenvalue weighted by Crippen LogP contribution is -2.58. The van der Waals surface area contributed by atoms with Crippen LogP contribution in [-0.2, 0) is 19.4 Å². The van der Waals surface area contributed by atoms with E-state index < -0.39 is 33.2 Å². The summed E-state index contributed by atoms with van der Waals surface area (Å²) in [6, 6.07) is -0.437. The molecule has 1 aliphatic heterocycles. The van der Waals surface area contributed by atoms with Crippen molar-refractivity contribution in [1.29, 1.82) is 0 Å². The molecule has 2 rings (SSSR count). The molecule has 1 atom stereocenters. The average Bonchev–Trinajstić information content (AvgIpc) is 2.12. The molecule has 0 radical (unpaired) electrons. The molecular formula is C11H17NO5S. The van der Waals surface area contributed by atoms with E-state index in [4.69, 9.17) is 0 Å². The van der Waals surface area contributed by atoms with Crippen LogP contribution >= 0.6 is 0 Å². The third-order valence-corrected chi connectivity index (χ3v) is 5.75. The molecule has 1 aliphatic carbocycles. The quantitative estimate of drug-likeness (QED) is 0.710. The summed E-state index contributed by atoms with van der Waals surface area (Å²) in [4.78, 5) is 25.0. The average molecular weight is 275 g/mol. The monoisotopic (exact) mass is 275 g/mol. The molecule has 0 aromatic carbocycles. The number of amides is 1. The Bertz CT molecular complexity index is 480. The number of carboxylic acid groups (broad SMARTS) is 1. The first-order valence-electron chi connectivity index (χ1n) is 6.03. The van der Waals surface area contributed by atoms with Gasteiger partial charge in [0.2, 0.25) is 5.91 Å². The Morgan fingerprint density at radius 3 is 2.33 bits per heavy atom. The van der Waals surface area contributed by atoms with Gasteiger partial charge in [-0.25, -0.2) is 8.42 Å². The normalized spacial score (nSPS) is 29.4. The lowest BCUT2D eigenvalue weighted by molar-refractivity contribution is -0.168. The van der Waals surface area contributed by atoms with Crippen molar-refractivity contribution in [2.24, 2.45) is 5.41 Å². The Kier molecular flexibility index (Phi) is 3.12. The summed E-state index contributed by atoms with van der Waals surface area (Å²) < 4.78 is 22.9. The summed E-state index contributed by atoms with van der Waals surface area (Å²) in [7, 11) is -3.09. The van der Waals surface area contributed by atoms with Gasteiger partial charge in [0.05, 0.1) is 11.5 Å². The number of rotatable bonds is 2. The van der Waals surface area contributed by atoms with Crippen molar-refractivity contribution in [3.05, 3.63) is 0 Å². The minimum Gasteiger partial charge on any atom is -0.480 e. The number of aliphatic carboxylic acids is 1. The zero-order chi connectivity index (χ0) is 13.6. The van der Waals surface area contributed by atoms with Gasteiger partial charge in [-0.05, 0) is 19.8 Å². The van der Waals surface area contributed by atoms with Gasteiger partial charge in [0, 0.05) is 12.6 Å². The zero-order valence-electron chi connectivity index (χ0n) is 10.3. The SMILES string of the molecule is CC1CS(=O)(=O)CCN1C(=O)C1(C(=O)O)CCC1. The van der Waals surface area contributed by atoms with E-state index in [1.807, 2.05) is 0 Å². The summed E-state index contributed by atoms with van der Waals surface area (Å²) >= 11 is 0. The molecule has 2 aliphatic rings. The fourth-order valence-corrected chi connectivity index (χ4v) is 4.18. The second-order valence-corrected chi connectivity index (χ2v) is 7.43. The van der Waals surface area contributed by atoms with E-state index in [1.54, 1.807) is 6.92 Å². The first-order valence-corrected chi connectivity index (χ1v) is 7.85. The van der Waals surface area contributed by atoms with Gasteiger partial charge in [0.15, 0.2) is 9.84 Å². The Balaban J connectivity index is 2.17. The first kappa shape index (κ1) is 13.3. The summed E-state index contributed by atoms with van der Waals surface area (Å²) in [6.07, 6.45) is 1.45. The van der Waals surface area contributed by atoms with Crippen LogP contribution in [-0.4, -0.2) is 54.4 Å². The van der Waals surface area contributed by atoms with Gasteiger partial charge in [0.1, 0.15) is 5.41 Å². The third kappa shape index (κ3) is 2.00. The second kappa shape index (κ2) is 4.22. The van der Waals surface area contributed by atoms with Crippen LogP contribution in [0.3, 0.4) is 0 Å². The van der Waals surface area contributed by atoms with Gasteiger partial charge in [0.25, 0.3) is 0 Å². The molecule has 1 saturated heterocycles. The number of hydrogen-bond donors (Lipinski definition) is 1. The molecule has 102 valence electrons. The van der Waals surface area contributed by atoms with Crippen molar-refractivity contribution < 1.29 is 23.1 Å². The third-order valence-electron chi connectivity index (χ3n) is 3.96. The Morgan fingerprint density at radius 1 is 1.33 bits per heavy atom. The maximum atomic E-state index is 12.3. The van der Waals surface area contributed by atoms with Crippen LogP contribution < -0.4 is 0 Å². The zero-order valence-corrected chi connectivity index (χ0v) is 11.1. The predicted octanol–water partition coefficient (Wildman–Crippen LogP) is -0.113. The molecule has 6 nitrogen and oxygen atoms in total. The molecule has 0 aromatic rings. The molecule has 0 aromatic heterocycles. The largest absolute Gasteiger partial charge is 0.480 e. The lowest BCUT2D eigenvalue weighted by Gasteiger charge is -2.43. The van der Waals surface area contributed by atoms with Crippen LogP contribution in [0.25, 0.3) is 0 Å². The molecule has 0 bridgehead atoms. The number of carbonyl (C=O) groups excluding carboxylic acids is 1. The van der Waals surface area contributed by atoms with Gasteiger partial charge in [-0.15, -0.1) is 0 Å². The predicted molar refractivity (Wildman–Crippen MR) is 63.7 cm³/mol. The lowest BCUT2D eigenvalue weighted by atomic mass is 9.67. The highest BCUT2D eigenvalue weighted by molar-refractivity contribution is 7.91. The molecular weight excluding hydrogens is 258 g/mol. The van der Waals surface area contributed by atoms with E-state index in [-0.39, 0.29) is 18.1 Å². The highest BCUT2D eigenvalue weighted by Crippen LogP contribution is 2.43. The highest BCUT2D eigenvalue weighted by Gasteiger charge is 2.54. The van der Waals surface area contributed by atoms with Crippen LogP contribution in [0.4, 0.5) is 0 Å². The van der Waals surface area contributed by atoms with E-state index in [1.165, 1.54) is 4.90 Å². The standard InChI is InChI=1S/C11H17NO5S/c1-8-7-18(16,17)6-5-12(8)9(13)11(10(14)15)3-2-4-11/h8H,2-7H2,1H3,(H,14,15). The van der Waals surface area contributed by atoms with Crippen molar-refractivity contribution in [3.63, 3.8) is 0 Å². The van der Waals surface area contributed by atoms with Gasteiger partial charge >= 0.3 is 5.97 Å². The molecule has 7 heteroatoms. The van der Waals surface area contributed by atoms with E-state index in [0.717, 1.165) is 6.42 Å². The fourth-order valence-electron chi connectivity index (χ4n) is 2.62. The van der Waals surface area contributed by atoms with Crippen molar-refractivity contribution in [2.45, 2.75) is 32.2 Å². The summed E-state index contributed by atoms with van der Waals surface area (Å²) in [5.41, 5.74) is -1.30. The number of hydrogen-bond acceptors (Lipinski definition) is 4.